The molecule has 1 saturated carbocycles. The maximum absolute atomic E-state index is 12.0. The lowest BCUT2D eigenvalue weighted by atomic mass is 10.4. The Balaban J connectivity index is 1.81. The minimum Gasteiger partial charge on any atom is -0.447 e. The molecule has 2 N–H and O–H groups in total. The molecule has 1 heterocycles. The maximum Gasteiger partial charge on any atom is 0.273 e. The Kier molecular flexibility index (Phi) is 5.20. The van der Waals surface area contributed by atoms with Crippen LogP contribution in [0.5, 0.6) is 0 Å². The number of hydrogen-bond donors (Lipinski definition) is 2. The maximum atomic E-state index is 12.0. The van der Waals surface area contributed by atoms with Crippen LogP contribution < -0.4 is 10.0 Å². The van der Waals surface area contributed by atoms with Crippen molar-refractivity contribution in [2.24, 2.45) is 0 Å². The predicted molar refractivity (Wildman–Crippen MR) is 76.9 cm³/mol. The summed E-state index contributed by atoms with van der Waals surface area (Å²) in [5, 5.41) is 3.28. The van der Waals surface area contributed by atoms with Gasteiger partial charge in [-0.15, -0.1) is 0 Å². The summed E-state index contributed by atoms with van der Waals surface area (Å²) in [6, 6.07) is 3.80. The van der Waals surface area contributed by atoms with Crippen LogP contribution in [0.1, 0.15) is 25.0 Å². The van der Waals surface area contributed by atoms with Gasteiger partial charge in [0.25, 0.3) is 10.0 Å². The fourth-order valence-electron chi connectivity index (χ4n) is 1.80. The lowest BCUT2D eigenvalue weighted by molar-refractivity contribution is 0.391. The van der Waals surface area contributed by atoms with Crippen LogP contribution in [-0.2, 0) is 16.6 Å². The SMILES string of the molecule is CN(C)CCCNS(=O)(=O)c1ccc(CNC2CC2)o1. The van der Waals surface area contributed by atoms with Crippen LogP contribution >= 0.6 is 0 Å². The topological polar surface area (TPSA) is 74.6 Å². The van der Waals surface area contributed by atoms with Crippen LogP contribution in [0, 0.1) is 0 Å². The summed E-state index contributed by atoms with van der Waals surface area (Å²) in [6.07, 6.45) is 3.15. The van der Waals surface area contributed by atoms with E-state index in [1.54, 1.807) is 6.07 Å². The van der Waals surface area contributed by atoms with E-state index in [1.807, 2.05) is 19.0 Å². The molecule has 0 spiro atoms. The summed E-state index contributed by atoms with van der Waals surface area (Å²) in [6.45, 7) is 1.84. The average Bonchev–Trinajstić information content (AvgIpc) is 3.08. The fraction of sp³-hybridized carbons (Fsp3) is 0.692. The molecule has 0 bridgehead atoms. The third kappa shape index (κ3) is 4.90. The molecule has 0 atom stereocenters. The van der Waals surface area contributed by atoms with E-state index in [2.05, 4.69) is 10.0 Å². The highest BCUT2D eigenvalue weighted by Crippen LogP contribution is 2.20. The number of rotatable bonds is 9. The molecular weight excluding hydrogens is 278 g/mol. The van der Waals surface area contributed by atoms with E-state index in [4.69, 9.17) is 4.42 Å². The van der Waals surface area contributed by atoms with Gasteiger partial charge in [-0.1, -0.05) is 0 Å². The quantitative estimate of drug-likeness (QED) is 0.659. The van der Waals surface area contributed by atoms with E-state index >= 15 is 0 Å². The minimum absolute atomic E-state index is 0.00468. The molecule has 114 valence electrons. The zero-order chi connectivity index (χ0) is 14.6. The lowest BCUT2D eigenvalue weighted by Gasteiger charge is -2.09. The normalized spacial score (nSPS) is 15.9. The van der Waals surface area contributed by atoms with E-state index in [-0.39, 0.29) is 5.09 Å². The molecule has 1 aliphatic carbocycles. The third-order valence-electron chi connectivity index (χ3n) is 3.12. The van der Waals surface area contributed by atoms with Gasteiger partial charge < -0.3 is 14.6 Å². The predicted octanol–water partition coefficient (Wildman–Crippen LogP) is 0.762. The van der Waals surface area contributed by atoms with E-state index in [0.29, 0.717) is 24.9 Å². The first kappa shape index (κ1) is 15.5. The van der Waals surface area contributed by atoms with E-state index in [0.717, 1.165) is 13.0 Å². The molecule has 7 heteroatoms. The first-order valence-electron chi connectivity index (χ1n) is 6.94. The zero-order valence-corrected chi connectivity index (χ0v) is 12.9. The summed E-state index contributed by atoms with van der Waals surface area (Å²) in [5.41, 5.74) is 0. The van der Waals surface area contributed by atoms with Crippen molar-refractivity contribution in [1.82, 2.24) is 14.9 Å². The van der Waals surface area contributed by atoms with Gasteiger partial charge in [0, 0.05) is 12.6 Å². The number of nitrogens with one attached hydrogen (secondary N) is 2. The molecule has 1 aliphatic rings. The highest BCUT2D eigenvalue weighted by Gasteiger charge is 2.22. The highest BCUT2D eigenvalue weighted by molar-refractivity contribution is 7.89. The summed E-state index contributed by atoms with van der Waals surface area (Å²) in [4.78, 5) is 2.02. The van der Waals surface area contributed by atoms with Gasteiger partial charge in [-0.25, -0.2) is 13.1 Å². The molecule has 6 nitrogen and oxygen atoms in total. The smallest absolute Gasteiger partial charge is 0.273 e. The monoisotopic (exact) mass is 301 g/mol. The van der Waals surface area contributed by atoms with Crippen molar-refractivity contribution in [3.05, 3.63) is 17.9 Å². The molecule has 20 heavy (non-hydrogen) atoms. The van der Waals surface area contributed by atoms with Crippen LogP contribution in [0.15, 0.2) is 21.6 Å². The first-order valence-corrected chi connectivity index (χ1v) is 8.42. The summed E-state index contributed by atoms with van der Waals surface area (Å²) in [7, 11) is 0.394. The van der Waals surface area contributed by atoms with Crippen molar-refractivity contribution in [3.8, 4) is 0 Å². The van der Waals surface area contributed by atoms with Crippen molar-refractivity contribution >= 4 is 10.0 Å². The Morgan fingerprint density at radius 3 is 2.75 bits per heavy atom. The molecule has 0 amide bonds. The summed E-state index contributed by atoms with van der Waals surface area (Å²) in [5.74, 6) is 0.658. The molecule has 1 fully saturated rings. The van der Waals surface area contributed by atoms with Crippen molar-refractivity contribution in [1.29, 1.82) is 0 Å². The number of hydrogen-bond acceptors (Lipinski definition) is 5. The number of nitrogens with zero attached hydrogens (tertiary/aromatic N) is 1. The molecule has 2 rings (SSSR count). The van der Waals surface area contributed by atoms with Gasteiger partial charge in [0.15, 0.2) is 0 Å². The second-order valence-corrected chi connectivity index (χ2v) is 7.13. The Morgan fingerprint density at radius 2 is 2.10 bits per heavy atom. The van der Waals surface area contributed by atoms with Gasteiger partial charge in [-0.05, 0) is 52.0 Å². The Labute approximate surface area is 120 Å². The van der Waals surface area contributed by atoms with Crippen LogP contribution in [-0.4, -0.2) is 46.5 Å². The van der Waals surface area contributed by atoms with Crippen LogP contribution in [0.25, 0.3) is 0 Å². The summed E-state index contributed by atoms with van der Waals surface area (Å²) >= 11 is 0. The Bertz CT molecular complexity index is 521. The third-order valence-corrected chi connectivity index (χ3v) is 4.45. The Hall–Kier alpha value is -0.890. The van der Waals surface area contributed by atoms with Crippen LogP contribution in [0.2, 0.25) is 0 Å². The van der Waals surface area contributed by atoms with Crippen LogP contribution in [0.3, 0.4) is 0 Å². The van der Waals surface area contributed by atoms with Gasteiger partial charge in [0.1, 0.15) is 5.76 Å². The van der Waals surface area contributed by atoms with Crippen molar-refractivity contribution in [2.45, 2.75) is 36.9 Å². The summed E-state index contributed by atoms with van der Waals surface area (Å²) < 4.78 is 31.9. The number of sulfonamides is 1. The second-order valence-electron chi connectivity index (χ2n) is 5.43. The number of furan rings is 1. The molecule has 1 aromatic rings. The standard InChI is InChI=1S/C13H23N3O3S/c1-16(2)9-3-8-15-20(17,18)13-7-6-12(19-13)10-14-11-4-5-11/h6-7,11,14-15H,3-5,8-10H2,1-2H3. The van der Waals surface area contributed by atoms with Crippen LogP contribution in [0.4, 0.5) is 0 Å². The van der Waals surface area contributed by atoms with Gasteiger partial charge in [-0.2, -0.15) is 0 Å². The van der Waals surface area contributed by atoms with Crippen molar-refractivity contribution in [2.75, 3.05) is 27.2 Å². The molecule has 0 radical (unpaired) electrons. The van der Waals surface area contributed by atoms with Gasteiger partial charge >= 0.3 is 0 Å². The van der Waals surface area contributed by atoms with E-state index < -0.39 is 10.0 Å². The van der Waals surface area contributed by atoms with Crippen molar-refractivity contribution in [3.63, 3.8) is 0 Å². The minimum atomic E-state index is -3.52. The second kappa shape index (κ2) is 6.71. The van der Waals surface area contributed by atoms with Gasteiger partial charge in [0.2, 0.25) is 5.09 Å². The van der Waals surface area contributed by atoms with E-state index in [9.17, 15) is 8.42 Å². The highest BCUT2D eigenvalue weighted by atomic mass is 32.2. The fourth-order valence-corrected chi connectivity index (χ4v) is 2.82. The van der Waals surface area contributed by atoms with E-state index in [1.165, 1.54) is 18.9 Å². The van der Waals surface area contributed by atoms with Crippen molar-refractivity contribution < 1.29 is 12.8 Å². The largest absolute Gasteiger partial charge is 0.447 e. The average molecular weight is 301 g/mol. The zero-order valence-electron chi connectivity index (χ0n) is 12.1. The molecule has 0 saturated heterocycles. The Morgan fingerprint density at radius 1 is 1.35 bits per heavy atom. The molecule has 0 aromatic carbocycles. The lowest BCUT2D eigenvalue weighted by Crippen LogP contribution is -2.27. The molecular formula is C13H23N3O3S. The van der Waals surface area contributed by atoms with Gasteiger partial charge in [-0.3, -0.25) is 0 Å². The first-order chi connectivity index (χ1) is 9.47. The molecule has 0 unspecified atom stereocenters. The molecule has 0 aliphatic heterocycles. The van der Waals surface area contributed by atoms with Gasteiger partial charge in [0.05, 0.1) is 6.54 Å². The molecule has 1 aromatic heterocycles.